The molecule has 3 N–H and O–H groups in total. The summed E-state index contributed by atoms with van der Waals surface area (Å²) in [6.07, 6.45) is 0. The molecule has 0 bridgehead atoms. The molecule has 0 fully saturated rings. The lowest BCUT2D eigenvalue weighted by Gasteiger charge is -1.97. The summed E-state index contributed by atoms with van der Waals surface area (Å²) in [6, 6.07) is 0. The minimum Gasteiger partial charge on any atom is -0.773 e. The molecule has 0 aliphatic heterocycles. The lowest BCUT2D eigenvalue weighted by molar-refractivity contribution is 0.138. The van der Waals surface area contributed by atoms with E-state index in [4.69, 9.17) is 10.4 Å². The predicted molar refractivity (Wildman–Crippen MR) is 11.4 cm³/mol. The molecule has 0 aliphatic rings. The number of hydrazine groups is 1. The summed E-state index contributed by atoms with van der Waals surface area (Å²) in [5.74, 6) is 0. The van der Waals surface area contributed by atoms with Crippen molar-refractivity contribution in [2.45, 2.75) is 0 Å². The van der Waals surface area contributed by atoms with Gasteiger partial charge in [-0.2, -0.15) is 5.59 Å². The van der Waals surface area contributed by atoms with Crippen molar-refractivity contribution < 1.29 is 5.21 Å². The molecule has 0 unspecified atom stereocenters. The average molecular weight is 63.0 g/mol. The van der Waals surface area contributed by atoms with Crippen LogP contribution in [-0.4, -0.2) is 5.21 Å². The molecule has 0 spiro atoms. The molecule has 0 aromatic heterocycles. The van der Waals surface area contributed by atoms with Crippen LogP contribution in [0.3, 0.4) is 0 Å². The zero-order valence-corrected chi connectivity index (χ0v) is 1.86. The molecule has 0 saturated heterocycles. The minimum atomic E-state index is 0.986. The van der Waals surface area contributed by atoms with E-state index in [1.807, 2.05) is 0 Å². The fourth-order valence-corrected chi connectivity index (χ4v) is 0. The van der Waals surface area contributed by atoms with Crippen molar-refractivity contribution in [1.29, 1.82) is 0 Å². The van der Waals surface area contributed by atoms with Gasteiger partial charge in [0.15, 0.2) is 0 Å². The van der Waals surface area contributed by atoms with Crippen molar-refractivity contribution in [2.24, 2.45) is 0 Å². The quantitative estimate of drug-likeness (QED) is 0.340. The van der Waals surface area contributed by atoms with E-state index in [1.165, 1.54) is 0 Å². The highest BCUT2D eigenvalue weighted by molar-refractivity contribution is 4.12. The Hall–Kier alpha value is -0.160. The SMILES string of the molecule is [O-]NNO. The van der Waals surface area contributed by atoms with Crippen LogP contribution in [0, 0.1) is 5.21 Å². The van der Waals surface area contributed by atoms with Gasteiger partial charge in [-0.05, 0) is 0 Å². The second-order valence-corrected chi connectivity index (χ2v) is 0.214. The molecular weight excluding hydrogens is 60.0 g/mol. The first-order valence-corrected chi connectivity index (χ1v) is 0.678. The van der Waals surface area contributed by atoms with Gasteiger partial charge in [0.25, 0.3) is 0 Å². The van der Waals surface area contributed by atoms with E-state index >= 15 is 0 Å². The van der Waals surface area contributed by atoms with Crippen LogP contribution in [0.5, 0.6) is 0 Å². The average Bonchev–Trinajstić information content (AvgIpc) is 1.37. The smallest absolute Gasteiger partial charge is 0.152 e. The first kappa shape index (κ1) is 3.84. The molecule has 0 amide bonds. The fraction of sp³-hybridized carbons (Fsp3) is 0. The molecule has 0 saturated carbocycles. The fourth-order valence-electron chi connectivity index (χ4n) is 0. The van der Waals surface area contributed by atoms with Crippen LogP contribution in [0.25, 0.3) is 0 Å². The van der Waals surface area contributed by atoms with Crippen LogP contribution in [0.2, 0.25) is 0 Å². The maximum absolute atomic E-state index is 8.69. The van der Waals surface area contributed by atoms with Crippen LogP contribution in [0.1, 0.15) is 0 Å². The van der Waals surface area contributed by atoms with E-state index in [9.17, 15) is 0 Å². The largest absolute Gasteiger partial charge is 0.773 e. The molecule has 0 aromatic carbocycles. The highest BCUT2D eigenvalue weighted by atomic mass is 16.6. The van der Waals surface area contributed by atoms with Crippen LogP contribution in [0.4, 0.5) is 0 Å². The van der Waals surface area contributed by atoms with Gasteiger partial charge in [0.05, 0.1) is 0 Å². The second kappa shape index (κ2) is 2.84. The highest BCUT2D eigenvalue weighted by Crippen LogP contribution is 1.12. The molecule has 4 nitrogen and oxygen atoms in total. The van der Waals surface area contributed by atoms with Gasteiger partial charge in [0.1, 0.15) is 0 Å². The summed E-state index contributed by atoms with van der Waals surface area (Å²) < 4.78 is 0. The van der Waals surface area contributed by atoms with Crippen LogP contribution in [0.15, 0.2) is 0 Å². The Labute approximate surface area is 22.9 Å². The Bertz CT molecular complexity index is 6.00. The molecule has 4 heteroatoms. The van der Waals surface area contributed by atoms with E-state index in [0.29, 0.717) is 0 Å². The van der Waals surface area contributed by atoms with Gasteiger partial charge < -0.3 is 16.0 Å². The van der Waals surface area contributed by atoms with Crippen molar-refractivity contribution in [3.05, 3.63) is 5.21 Å². The van der Waals surface area contributed by atoms with Gasteiger partial charge in [-0.1, -0.05) is 0 Å². The Balaban J connectivity index is 1.97. The molecule has 0 rings (SSSR count). The van der Waals surface area contributed by atoms with Crippen molar-refractivity contribution >= 4 is 0 Å². The first-order valence-electron chi connectivity index (χ1n) is 0.678. The van der Waals surface area contributed by atoms with Crippen LogP contribution >= 0.6 is 0 Å². The molecule has 0 heterocycles. The van der Waals surface area contributed by atoms with Crippen molar-refractivity contribution in [1.82, 2.24) is 11.2 Å². The lowest BCUT2D eigenvalue weighted by Crippen LogP contribution is -2.20. The van der Waals surface area contributed by atoms with E-state index < -0.39 is 0 Å². The topological polar surface area (TPSA) is 67.3 Å². The highest BCUT2D eigenvalue weighted by Gasteiger charge is 1.33. The molecule has 4 heavy (non-hydrogen) atoms. The molecule has 0 atom stereocenters. The summed E-state index contributed by atoms with van der Waals surface area (Å²) in [4.78, 5) is 0. The molecule has 0 aliphatic carbocycles. The molecule has 0 radical (unpaired) electrons. The first-order chi connectivity index (χ1) is 1.91. The summed E-state index contributed by atoms with van der Waals surface area (Å²) in [6.45, 7) is 0. The zero-order valence-electron chi connectivity index (χ0n) is 1.86. The third kappa shape index (κ3) is 1.84. The van der Waals surface area contributed by atoms with Crippen molar-refractivity contribution in [3.8, 4) is 0 Å². The van der Waals surface area contributed by atoms with Gasteiger partial charge >= 0.3 is 0 Å². The van der Waals surface area contributed by atoms with E-state index in [-0.39, 0.29) is 0 Å². The summed E-state index contributed by atoms with van der Waals surface area (Å²) in [5, 5.41) is 15.9. The van der Waals surface area contributed by atoms with E-state index in [1.54, 1.807) is 0 Å². The number of hydrogen-bond donors (Lipinski definition) is 3. The van der Waals surface area contributed by atoms with Gasteiger partial charge in [0.2, 0.25) is 0 Å². The zero-order chi connectivity index (χ0) is 3.41. The van der Waals surface area contributed by atoms with Crippen molar-refractivity contribution in [3.63, 3.8) is 0 Å². The normalized spacial score (nSPS) is 7.50. The van der Waals surface area contributed by atoms with E-state index in [0.717, 1.165) is 11.2 Å². The predicted octanol–water partition coefficient (Wildman–Crippen LogP) is -1.03. The summed E-state index contributed by atoms with van der Waals surface area (Å²) in [5.41, 5.74) is 2.11. The minimum absolute atomic E-state index is 0.986. The molecular formula is H3N2O2-. The van der Waals surface area contributed by atoms with Crippen LogP contribution in [-0.2, 0) is 0 Å². The van der Waals surface area contributed by atoms with Gasteiger partial charge in [-0.25, -0.2) is 0 Å². The maximum Gasteiger partial charge on any atom is -0.152 e. The van der Waals surface area contributed by atoms with Crippen molar-refractivity contribution in [2.75, 3.05) is 0 Å². The molecule has 0 aromatic rings. The Kier molecular flexibility index (Phi) is 2.73. The third-order valence-corrected chi connectivity index (χ3v) is 0.0456. The lowest BCUT2D eigenvalue weighted by atomic mass is 12.7. The maximum atomic E-state index is 8.69. The van der Waals surface area contributed by atoms with E-state index in [2.05, 4.69) is 0 Å². The van der Waals surface area contributed by atoms with Gasteiger partial charge in [0, 0.05) is 0 Å². The number of nitrogens with one attached hydrogen (secondary N) is 2. The Morgan fingerprint density at radius 3 is 2.00 bits per heavy atom. The third-order valence-electron chi connectivity index (χ3n) is 0.0456. The summed E-state index contributed by atoms with van der Waals surface area (Å²) in [7, 11) is 0. The second-order valence-electron chi connectivity index (χ2n) is 0.214. The summed E-state index contributed by atoms with van der Waals surface area (Å²) >= 11 is 0. The Morgan fingerprint density at radius 1 is 1.75 bits per heavy atom. The molecule has 26 valence electrons. The van der Waals surface area contributed by atoms with Gasteiger partial charge in [-0.15, -0.1) is 0 Å². The Morgan fingerprint density at radius 2 is 2.00 bits per heavy atom. The number of rotatable bonds is 1. The standard InChI is InChI=1S/H3N2O2/c3-1-2-4/h1-3H/q-1. The van der Waals surface area contributed by atoms with Crippen LogP contribution < -0.4 is 11.2 Å². The van der Waals surface area contributed by atoms with Gasteiger partial charge in [-0.3, -0.25) is 0 Å². The number of hydrogen-bond acceptors (Lipinski definition) is 4. The monoisotopic (exact) mass is 63.0 g/mol.